The first kappa shape index (κ1) is 25.9. The van der Waals surface area contributed by atoms with Crippen LogP contribution in [0.25, 0.3) is 22.2 Å². The van der Waals surface area contributed by atoms with Crippen LogP contribution in [0.1, 0.15) is 61.1 Å². The lowest BCUT2D eigenvalue weighted by molar-refractivity contribution is -0.282. The third kappa shape index (κ3) is 5.24. The van der Waals surface area contributed by atoms with Crippen molar-refractivity contribution >= 4 is 16.6 Å². The fourth-order valence-corrected chi connectivity index (χ4v) is 6.93. The van der Waals surface area contributed by atoms with E-state index >= 15 is 0 Å². The zero-order chi connectivity index (χ0) is 25.9. The van der Waals surface area contributed by atoms with Crippen molar-refractivity contribution in [2.75, 3.05) is 57.9 Å². The number of hydrogen-bond donors (Lipinski definition) is 0. The number of anilines is 1. The van der Waals surface area contributed by atoms with Crippen LogP contribution in [0.5, 0.6) is 0 Å². The second-order valence-electron chi connectivity index (χ2n) is 11.3. The molecule has 0 atom stereocenters. The summed E-state index contributed by atoms with van der Waals surface area (Å²) in [5.41, 5.74) is 9.67. The topological polar surface area (TPSA) is 39.1 Å². The third-order valence-electron chi connectivity index (χ3n) is 8.87. The lowest BCUT2D eigenvalue weighted by Gasteiger charge is -2.29. The van der Waals surface area contributed by atoms with Crippen molar-refractivity contribution < 1.29 is 14.5 Å². The monoisotopic (exact) mass is 517 g/mol. The molecule has 38 heavy (non-hydrogen) atoms. The van der Waals surface area contributed by atoms with Gasteiger partial charge in [0.25, 0.3) is 0 Å². The van der Waals surface area contributed by atoms with Crippen molar-refractivity contribution in [2.45, 2.75) is 64.5 Å². The average Bonchev–Trinajstić information content (AvgIpc) is 3.09. The summed E-state index contributed by atoms with van der Waals surface area (Å²) in [5, 5.41) is 1.43. The van der Waals surface area contributed by atoms with Crippen molar-refractivity contribution in [3.8, 4) is 11.3 Å². The molecule has 0 unspecified atom stereocenters. The number of hydrogen-bond acceptors (Lipinski definition) is 5. The highest BCUT2D eigenvalue weighted by atomic mass is 17.2. The van der Waals surface area contributed by atoms with Crippen molar-refractivity contribution in [3.63, 3.8) is 0 Å². The van der Waals surface area contributed by atoms with E-state index in [0.717, 1.165) is 64.5 Å². The molecule has 0 N–H and O–H groups in total. The molecule has 1 saturated heterocycles. The van der Waals surface area contributed by atoms with Gasteiger partial charge in [0, 0.05) is 68.0 Å². The van der Waals surface area contributed by atoms with Gasteiger partial charge in [-0.3, -0.25) is 4.90 Å². The predicted molar refractivity (Wildman–Crippen MR) is 154 cm³/mol. The second-order valence-corrected chi connectivity index (χ2v) is 11.3. The number of aryl methyl sites for hydroxylation is 1. The normalized spacial score (nSPS) is 19.3. The van der Waals surface area contributed by atoms with Crippen LogP contribution in [0.4, 0.5) is 5.69 Å². The van der Waals surface area contributed by atoms with Gasteiger partial charge in [-0.05, 0) is 60.9 Å². The maximum Gasteiger partial charge on any atom is 0.107 e. The van der Waals surface area contributed by atoms with E-state index in [4.69, 9.17) is 14.5 Å². The van der Waals surface area contributed by atoms with Crippen LogP contribution < -0.4 is 4.90 Å². The van der Waals surface area contributed by atoms with E-state index in [1.54, 1.807) is 12.7 Å². The Morgan fingerprint density at radius 1 is 0.895 bits per heavy atom. The molecular formula is C32H43N3O3. The molecule has 0 amide bonds. The largest absolute Gasteiger partial charge is 0.380 e. The minimum atomic E-state index is 0.465. The maximum atomic E-state index is 5.71. The van der Waals surface area contributed by atoms with E-state index in [0.29, 0.717) is 12.5 Å². The standard InChI is InChI=1S/C32H43N3O3/c1-24-9-11-28-29(21-24)34(15-14-33-13-6-19-37-20-18-33)16-17-35-30-22-25(23-38-36-2)10-12-27(30)31(32(28)35)26-7-4-3-5-8-26/h9-12,21-22,26H,3-8,13-20,23H2,1-2H3. The van der Waals surface area contributed by atoms with Gasteiger partial charge >= 0.3 is 0 Å². The summed E-state index contributed by atoms with van der Waals surface area (Å²) >= 11 is 0. The molecule has 3 heterocycles. The molecule has 2 aromatic carbocycles. The second kappa shape index (κ2) is 11.8. The molecule has 2 fully saturated rings. The minimum Gasteiger partial charge on any atom is -0.380 e. The quantitative estimate of drug-likeness (QED) is 0.272. The van der Waals surface area contributed by atoms with Crippen LogP contribution in [0.2, 0.25) is 0 Å². The Balaban J connectivity index is 1.43. The van der Waals surface area contributed by atoms with Gasteiger partial charge in [0.1, 0.15) is 6.61 Å². The summed E-state index contributed by atoms with van der Waals surface area (Å²) in [6, 6.07) is 14.0. The molecule has 204 valence electrons. The molecule has 0 spiro atoms. The summed E-state index contributed by atoms with van der Waals surface area (Å²) in [6.45, 7) is 10.8. The van der Waals surface area contributed by atoms with Crippen LogP contribution >= 0.6 is 0 Å². The molecule has 1 saturated carbocycles. The molecule has 1 aliphatic carbocycles. The van der Waals surface area contributed by atoms with E-state index in [9.17, 15) is 0 Å². The molecule has 0 bridgehead atoms. The van der Waals surface area contributed by atoms with E-state index in [1.807, 2.05) is 0 Å². The van der Waals surface area contributed by atoms with E-state index in [2.05, 4.69) is 57.7 Å². The fourth-order valence-electron chi connectivity index (χ4n) is 6.93. The average molecular weight is 518 g/mol. The highest BCUT2D eigenvalue weighted by Crippen LogP contribution is 2.47. The molecule has 6 heteroatoms. The minimum absolute atomic E-state index is 0.465. The lowest BCUT2D eigenvalue weighted by Crippen LogP contribution is -2.37. The van der Waals surface area contributed by atoms with E-state index < -0.39 is 0 Å². The SMILES string of the molecule is COOCc1ccc2c(C3CCCCC3)c3n(c2c1)CCN(CCN1CCCOCC1)c1cc(C)ccc1-3. The van der Waals surface area contributed by atoms with E-state index in [-0.39, 0.29) is 0 Å². The number of fused-ring (bicyclic) bond motifs is 5. The number of nitrogens with zero attached hydrogens (tertiary/aromatic N) is 3. The van der Waals surface area contributed by atoms with Crippen LogP contribution in [-0.4, -0.2) is 62.5 Å². The van der Waals surface area contributed by atoms with Gasteiger partial charge < -0.3 is 14.2 Å². The summed E-state index contributed by atoms with van der Waals surface area (Å²) in [5.74, 6) is 0.626. The van der Waals surface area contributed by atoms with Crippen LogP contribution in [0.15, 0.2) is 36.4 Å². The van der Waals surface area contributed by atoms with Crippen LogP contribution in [0, 0.1) is 6.92 Å². The predicted octanol–water partition coefficient (Wildman–Crippen LogP) is 6.28. The Morgan fingerprint density at radius 2 is 1.79 bits per heavy atom. The van der Waals surface area contributed by atoms with Crippen LogP contribution in [0.3, 0.4) is 0 Å². The Kier molecular flexibility index (Phi) is 8.03. The van der Waals surface area contributed by atoms with Gasteiger partial charge in [-0.15, -0.1) is 0 Å². The number of ether oxygens (including phenoxy) is 1. The first-order valence-corrected chi connectivity index (χ1v) is 14.7. The summed E-state index contributed by atoms with van der Waals surface area (Å²) in [7, 11) is 1.58. The van der Waals surface area contributed by atoms with Crippen molar-refractivity contribution in [3.05, 3.63) is 53.1 Å². The molecule has 6 nitrogen and oxygen atoms in total. The smallest absolute Gasteiger partial charge is 0.107 e. The molecule has 3 aromatic rings. The molecular weight excluding hydrogens is 474 g/mol. The molecule has 1 aromatic heterocycles. The number of aromatic nitrogens is 1. The van der Waals surface area contributed by atoms with Gasteiger partial charge in [0.05, 0.1) is 19.4 Å². The fraction of sp³-hybridized carbons (Fsp3) is 0.562. The van der Waals surface area contributed by atoms with Gasteiger partial charge in [0.2, 0.25) is 0 Å². The van der Waals surface area contributed by atoms with Crippen molar-refractivity contribution in [1.29, 1.82) is 0 Å². The number of benzene rings is 2. The molecule has 6 rings (SSSR count). The van der Waals surface area contributed by atoms with Gasteiger partial charge in [-0.25, -0.2) is 9.78 Å². The highest BCUT2D eigenvalue weighted by molar-refractivity contribution is 5.96. The zero-order valence-electron chi connectivity index (χ0n) is 23.2. The Bertz CT molecular complexity index is 1240. The first-order chi connectivity index (χ1) is 18.7. The van der Waals surface area contributed by atoms with Gasteiger partial charge in [-0.2, -0.15) is 0 Å². The molecule has 2 aliphatic heterocycles. The Labute approximate surface area is 227 Å². The maximum absolute atomic E-state index is 5.71. The van der Waals surface area contributed by atoms with Crippen molar-refractivity contribution in [1.82, 2.24) is 9.47 Å². The third-order valence-corrected chi connectivity index (χ3v) is 8.87. The zero-order valence-corrected chi connectivity index (χ0v) is 23.2. The lowest BCUT2D eigenvalue weighted by atomic mass is 9.81. The Hall–Kier alpha value is -2.38. The summed E-state index contributed by atoms with van der Waals surface area (Å²) in [4.78, 5) is 15.5. The van der Waals surface area contributed by atoms with Gasteiger partial charge in [-0.1, -0.05) is 43.5 Å². The number of rotatable bonds is 7. The highest BCUT2D eigenvalue weighted by Gasteiger charge is 2.30. The first-order valence-electron chi connectivity index (χ1n) is 14.7. The van der Waals surface area contributed by atoms with Crippen molar-refractivity contribution in [2.24, 2.45) is 0 Å². The Morgan fingerprint density at radius 3 is 2.66 bits per heavy atom. The van der Waals surface area contributed by atoms with Crippen LogP contribution in [-0.2, 0) is 27.7 Å². The van der Waals surface area contributed by atoms with Gasteiger partial charge in [0.15, 0.2) is 0 Å². The summed E-state index contributed by atoms with van der Waals surface area (Å²) < 4.78 is 8.34. The van der Waals surface area contributed by atoms with E-state index in [1.165, 1.54) is 65.5 Å². The summed E-state index contributed by atoms with van der Waals surface area (Å²) in [6.07, 6.45) is 7.76. The molecule has 0 radical (unpaired) electrons. The molecule has 3 aliphatic rings.